The second kappa shape index (κ2) is 5.27. The Balaban J connectivity index is 1.96. The number of rotatable bonds is 2. The van der Waals surface area contributed by atoms with Gasteiger partial charge >= 0.3 is 0 Å². The molecular formula is C13H17FN2O. The van der Waals surface area contributed by atoms with Crippen LogP contribution in [0.15, 0.2) is 24.3 Å². The van der Waals surface area contributed by atoms with E-state index >= 15 is 0 Å². The molecule has 2 rings (SSSR count). The maximum atomic E-state index is 13.0. The van der Waals surface area contributed by atoms with Crippen molar-refractivity contribution in [2.45, 2.75) is 12.8 Å². The molecule has 92 valence electrons. The van der Waals surface area contributed by atoms with E-state index in [9.17, 15) is 9.18 Å². The molecule has 1 aromatic rings. The molecule has 0 spiro atoms. The minimum absolute atomic E-state index is 0.0111. The van der Waals surface area contributed by atoms with Crippen LogP contribution < -0.4 is 5.32 Å². The molecule has 0 saturated carbocycles. The zero-order valence-electron chi connectivity index (χ0n) is 9.95. The minimum Gasteiger partial charge on any atom is -0.326 e. The van der Waals surface area contributed by atoms with Crippen molar-refractivity contribution in [3.63, 3.8) is 0 Å². The van der Waals surface area contributed by atoms with Crippen LogP contribution in [-0.2, 0) is 4.79 Å². The van der Waals surface area contributed by atoms with E-state index in [1.807, 2.05) is 7.05 Å². The first-order valence-electron chi connectivity index (χ1n) is 5.90. The van der Waals surface area contributed by atoms with E-state index in [0.717, 1.165) is 25.9 Å². The van der Waals surface area contributed by atoms with Crippen molar-refractivity contribution >= 4 is 11.6 Å². The molecule has 1 aliphatic rings. The molecule has 1 amide bonds. The number of hydrogen-bond donors (Lipinski definition) is 1. The number of benzene rings is 1. The highest BCUT2D eigenvalue weighted by Crippen LogP contribution is 2.18. The van der Waals surface area contributed by atoms with Crippen LogP contribution in [0.3, 0.4) is 0 Å². The van der Waals surface area contributed by atoms with E-state index in [0.29, 0.717) is 5.69 Å². The third-order valence-electron chi connectivity index (χ3n) is 3.09. The molecule has 17 heavy (non-hydrogen) atoms. The van der Waals surface area contributed by atoms with Crippen LogP contribution in [0, 0.1) is 11.7 Å². The monoisotopic (exact) mass is 236 g/mol. The molecule has 1 aromatic carbocycles. The van der Waals surface area contributed by atoms with Crippen molar-refractivity contribution in [2.24, 2.45) is 5.92 Å². The third-order valence-corrected chi connectivity index (χ3v) is 3.09. The van der Waals surface area contributed by atoms with Crippen molar-refractivity contribution in [2.75, 3.05) is 25.5 Å². The molecule has 3 nitrogen and oxygen atoms in total. The summed E-state index contributed by atoms with van der Waals surface area (Å²) >= 11 is 0. The average Bonchev–Trinajstić information content (AvgIpc) is 2.29. The molecule has 0 bridgehead atoms. The molecule has 0 aliphatic carbocycles. The first-order chi connectivity index (χ1) is 8.15. The number of likely N-dealkylation sites (tertiary alicyclic amines) is 1. The Bertz CT molecular complexity index is 408. The quantitative estimate of drug-likeness (QED) is 0.853. The van der Waals surface area contributed by atoms with Gasteiger partial charge in [0.05, 0.1) is 5.92 Å². The van der Waals surface area contributed by atoms with Crippen LogP contribution >= 0.6 is 0 Å². The van der Waals surface area contributed by atoms with Gasteiger partial charge in [-0.05, 0) is 44.6 Å². The Hall–Kier alpha value is -1.42. The Morgan fingerprint density at radius 2 is 2.35 bits per heavy atom. The summed E-state index contributed by atoms with van der Waals surface area (Å²) in [7, 11) is 2.02. The molecule has 1 aliphatic heterocycles. The van der Waals surface area contributed by atoms with Crippen molar-refractivity contribution in [3.8, 4) is 0 Å². The van der Waals surface area contributed by atoms with Crippen LogP contribution in [0.2, 0.25) is 0 Å². The fourth-order valence-corrected chi connectivity index (χ4v) is 2.19. The van der Waals surface area contributed by atoms with Gasteiger partial charge in [-0.1, -0.05) is 6.07 Å². The second-order valence-corrected chi connectivity index (χ2v) is 4.60. The lowest BCUT2D eigenvalue weighted by atomic mass is 9.97. The molecule has 0 aromatic heterocycles. The zero-order chi connectivity index (χ0) is 12.3. The van der Waals surface area contributed by atoms with Crippen LogP contribution in [-0.4, -0.2) is 30.9 Å². The van der Waals surface area contributed by atoms with Crippen molar-refractivity contribution in [1.29, 1.82) is 0 Å². The van der Waals surface area contributed by atoms with Gasteiger partial charge in [0.25, 0.3) is 0 Å². The number of nitrogens with one attached hydrogen (secondary N) is 1. The highest BCUT2D eigenvalue weighted by molar-refractivity contribution is 5.92. The lowest BCUT2D eigenvalue weighted by Crippen LogP contribution is -2.38. The average molecular weight is 236 g/mol. The summed E-state index contributed by atoms with van der Waals surface area (Å²) in [6, 6.07) is 6.00. The number of carbonyl (C=O) groups is 1. The lowest BCUT2D eigenvalue weighted by Gasteiger charge is -2.28. The SMILES string of the molecule is CN1CCCC(C(=O)Nc2cccc(F)c2)C1. The Labute approximate surface area is 101 Å². The molecule has 1 heterocycles. The van der Waals surface area contributed by atoms with Gasteiger partial charge < -0.3 is 10.2 Å². The molecular weight excluding hydrogens is 219 g/mol. The van der Waals surface area contributed by atoms with Crippen molar-refractivity contribution in [1.82, 2.24) is 4.90 Å². The van der Waals surface area contributed by atoms with E-state index in [2.05, 4.69) is 10.2 Å². The summed E-state index contributed by atoms with van der Waals surface area (Å²) in [5, 5.41) is 2.77. The normalized spacial score (nSPS) is 21.2. The summed E-state index contributed by atoms with van der Waals surface area (Å²) in [4.78, 5) is 14.1. The molecule has 1 unspecified atom stereocenters. The first-order valence-corrected chi connectivity index (χ1v) is 5.90. The highest BCUT2D eigenvalue weighted by atomic mass is 19.1. The molecule has 1 atom stereocenters. The zero-order valence-corrected chi connectivity index (χ0v) is 9.95. The predicted octanol–water partition coefficient (Wildman–Crippen LogP) is 2.11. The van der Waals surface area contributed by atoms with Gasteiger partial charge in [-0.2, -0.15) is 0 Å². The van der Waals surface area contributed by atoms with Gasteiger partial charge in [0.2, 0.25) is 5.91 Å². The number of piperidine rings is 1. The molecule has 4 heteroatoms. The van der Waals surface area contributed by atoms with Crippen molar-refractivity contribution in [3.05, 3.63) is 30.1 Å². The largest absolute Gasteiger partial charge is 0.326 e. The smallest absolute Gasteiger partial charge is 0.228 e. The van der Waals surface area contributed by atoms with E-state index in [1.54, 1.807) is 12.1 Å². The van der Waals surface area contributed by atoms with Crippen molar-refractivity contribution < 1.29 is 9.18 Å². The third kappa shape index (κ3) is 3.27. The summed E-state index contributed by atoms with van der Waals surface area (Å²) in [6.45, 7) is 1.82. The maximum absolute atomic E-state index is 13.0. The Kier molecular flexibility index (Phi) is 3.74. The van der Waals surface area contributed by atoms with Gasteiger partial charge in [-0.15, -0.1) is 0 Å². The molecule has 1 fully saturated rings. The molecule has 0 radical (unpaired) electrons. The fourth-order valence-electron chi connectivity index (χ4n) is 2.19. The number of anilines is 1. The molecule has 1 N–H and O–H groups in total. The van der Waals surface area contributed by atoms with E-state index in [4.69, 9.17) is 0 Å². The van der Waals surface area contributed by atoms with Crippen LogP contribution in [0.1, 0.15) is 12.8 Å². The topological polar surface area (TPSA) is 32.3 Å². The van der Waals surface area contributed by atoms with Gasteiger partial charge in [-0.3, -0.25) is 4.79 Å². The van der Waals surface area contributed by atoms with E-state index in [1.165, 1.54) is 12.1 Å². The number of carbonyl (C=O) groups excluding carboxylic acids is 1. The number of nitrogens with zero attached hydrogens (tertiary/aromatic N) is 1. The van der Waals surface area contributed by atoms with Gasteiger partial charge in [0, 0.05) is 12.2 Å². The van der Waals surface area contributed by atoms with E-state index in [-0.39, 0.29) is 17.6 Å². The second-order valence-electron chi connectivity index (χ2n) is 4.60. The minimum atomic E-state index is -0.330. The first kappa shape index (κ1) is 12.0. The lowest BCUT2D eigenvalue weighted by molar-refractivity contribution is -0.121. The van der Waals surface area contributed by atoms with Crippen LogP contribution in [0.4, 0.5) is 10.1 Å². The van der Waals surface area contributed by atoms with E-state index < -0.39 is 0 Å². The van der Waals surface area contributed by atoms with Gasteiger partial charge in [0.1, 0.15) is 5.82 Å². The van der Waals surface area contributed by atoms with Gasteiger partial charge in [-0.25, -0.2) is 4.39 Å². The summed E-state index contributed by atoms with van der Waals surface area (Å²) in [6.07, 6.45) is 1.95. The number of amides is 1. The summed E-state index contributed by atoms with van der Waals surface area (Å²) < 4.78 is 13.0. The highest BCUT2D eigenvalue weighted by Gasteiger charge is 2.23. The maximum Gasteiger partial charge on any atom is 0.228 e. The molecule has 1 saturated heterocycles. The number of hydrogen-bond acceptors (Lipinski definition) is 2. The van der Waals surface area contributed by atoms with Crippen LogP contribution in [0.5, 0.6) is 0 Å². The summed E-state index contributed by atoms with van der Waals surface area (Å²) in [5.74, 6) is -0.331. The van der Waals surface area contributed by atoms with Crippen LogP contribution in [0.25, 0.3) is 0 Å². The number of halogens is 1. The standard InChI is InChI=1S/C13H17FN2O/c1-16-7-3-4-10(9-16)13(17)15-12-6-2-5-11(14)8-12/h2,5-6,8,10H,3-4,7,9H2,1H3,(H,15,17). The Morgan fingerprint density at radius 3 is 3.06 bits per heavy atom. The van der Waals surface area contributed by atoms with Gasteiger partial charge in [0.15, 0.2) is 0 Å². The predicted molar refractivity (Wildman–Crippen MR) is 65.3 cm³/mol. The fraction of sp³-hybridized carbons (Fsp3) is 0.462. The Morgan fingerprint density at radius 1 is 1.53 bits per heavy atom. The summed E-state index contributed by atoms with van der Waals surface area (Å²) in [5.41, 5.74) is 0.531.